The van der Waals surface area contributed by atoms with Gasteiger partial charge in [-0.2, -0.15) is 0 Å². The van der Waals surface area contributed by atoms with Crippen LogP contribution in [0.15, 0.2) is 24.3 Å². The molecule has 0 aromatic heterocycles. The summed E-state index contributed by atoms with van der Waals surface area (Å²) >= 11 is 0. The fraction of sp³-hybridized carbons (Fsp3) is 0.500. The van der Waals surface area contributed by atoms with Crippen LogP contribution >= 0.6 is 0 Å². The minimum absolute atomic E-state index is 0.0550. The van der Waals surface area contributed by atoms with Crippen molar-refractivity contribution in [2.45, 2.75) is 32.1 Å². The number of carbonyl (C=O) groups is 2. The third-order valence-electron chi connectivity index (χ3n) is 3.96. The molecule has 0 bridgehead atoms. The Bertz CT molecular complexity index is 492. The minimum atomic E-state index is -0.960. The molecule has 20 heavy (non-hydrogen) atoms. The first kappa shape index (κ1) is 14.6. The van der Waals surface area contributed by atoms with E-state index < -0.39 is 5.97 Å². The normalized spacial score (nSPS) is 15.2. The van der Waals surface area contributed by atoms with Gasteiger partial charge in [0.25, 0.3) is 0 Å². The van der Waals surface area contributed by atoms with Crippen molar-refractivity contribution in [3.63, 3.8) is 0 Å². The predicted octanol–water partition coefficient (Wildman–Crippen LogP) is 2.58. The number of carboxylic acids is 1. The summed E-state index contributed by atoms with van der Waals surface area (Å²) in [7, 11) is 1.84. The van der Waals surface area contributed by atoms with Crippen LogP contribution in [-0.4, -0.2) is 35.5 Å². The molecular weight excluding hydrogens is 254 g/mol. The van der Waals surface area contributed by atoms with Gasteiger partial charge < -0.3 is 10.0 Å². The molecular formula is C16H21NO3. The van der Waals surface area contributed by atoms with Gasteiger partial charge in [-0.3, -0.25) is 4.79 Å². The Balaban J connectivity index is 1.92. The van der Waals surface area contributed by atoms with E-state index in [1.807, 2.05) is 7.05 Å². The summed E-state index contributed by atoms with van der Waals surface area (Å²) in [5, 5.41) is 8.95. The number of aromatic carboxylic acids is 1. The summed E-state index contributed by atoms with van der Waals surface area (Å²) in [4.78, 5) is 24.8. The Morgan fingerprint density at radius 2 is 2.00 bits per heavy atom. The van der Waals surface area contributed by atoms with Crippen molar-refractivity contribution in [2.75, 3.05) is 13.6 Å². The van der Waals surface area contributed by atoms with Gasteiger partial charge >= 0.3 is 5.97 Å². The van der Waals surface area contributed by atoms with Crippen LogP contribution in [0.5, 0.6) is 0 Å². The SMILES string of the molecule is CN(CC1CCCC1)C(=O)Cc1cccc(C(=O)O)c1. The molecule has 0 unspecified atom stereocenters. The second-order valence-electron chi connectivity index (χ2n) is 5.61. The molecule has 0 saturated heterocycles. The van der Waals surface area contributed by atoms with Crippen LogP contribution in [0.4, 0.5) is 0 Å². The van der Waals surface area contributed by atoms with E-state index >= 15 is 0 Å². The van der Waals surface area contributed by atoms with E-state index in [9.17, 15) is 9.59 Å². The van der Waals surface area contributed by atoms with Crippen molar-refractivity contribution < 1.29 is 14.7 Å². The Morgan fingerprint density at radius 1 is 1.30 bits per heavy atom. The third-order valence-corrected chi connectivity index (χ3v) is 3.96. The predicted molar refractivity (Wildman–Crippen MR) is 76.7 cm³/mol. The Kier molecular flexibility index (Phi) is 4.77. The molecule has 0 spiro atoms. The first-order chi connectivity index (χ1) is 9.56. The number of benzene rings is 1. The molecule has 4 heteroatoms. The van der Waals surface area contributed by atoms with E-state index in [-0.39, 0.29) is 17.9 Å². The monoisotopic (exact) mass is 275 g/mol. The van der Waals surface area contributed by atoms with Crippen LogP contribution in [0.3, 0.4) is 0 Å². The maximum absolute atomic E-state index is 12.2. The number of likely N-dealkylation sites (N-methyl/N-ethyl adjacent to an activating group) is 1. The van der Waals surface area contributed by atoms with Crippen molar-refractivity contribution in [2.24, 2.45) is 5.92 Å². The molecule has 2 rings (SSSR count). The van der Waals surface area contributed by atoms with Crippen LogP contribution < -0.4 is 0 Å². The molecule has 1 aromatic rings. The molecule has 1 fully saturated rings. The smallest absolute Gasteiger partial charge is 0.335 e. The van der Waals surface area contributed by atoms with Gasteiger partial charge in [0.05, 0.1) is 12.0 Å². The topological polar surface area (TPSA) is 57.6 Å². The number of nitrogens with zero attached hydrogens (tertiary/aromatic N) is 1. The first-order valence-electron chi connectivity index (χ1n) is 7.12. The zero-order chi connectivity index (χ0) is 14.5. The number of rotatable bonds is 5. The molecule has 1 N–H and O–H groups in total. The van der Waals surface area contributed by atoms with E-state index in [2.05, 4.69) is 0 Å². The highest BCUT2D eigenvalue weighted by atomic mass is 16.4. The van der Waals surface area contributed by atoms with Crippen molar-refractivity contribution in [1.82, 2.24) is 4.90 Å². The standard InChI is InChI=1S/C16H21NO3/c1-17(11-12-5-2-3-6-12)15(18)10-13-7-4-8-14(9-13)16(19)20/h4,7-9,12H,2-3,5-6,10-11H2,1H3,(H,19,20). The van der Waals surface area contributed by atoms with Gasteiger partial charge in [-0.05, 0) is 36.5 Å². The van der Waals surface area contributed by atoms with Gasteiger partial charge in [-0.25, -0.2) is 4.79 Å². The van der Waals surface area contributed by atoms with Crippen LogP contribution in [0.25, 0.3) is 0 Å². The van der Waals surface area contributed by atoms with Gasteiger partial charge in [0.15, 0.2) is 0 Å². The zero-order valence-corrected chi connectivity index (χ0v) is 11.8. The van der Waals surface area contributed by atoms with Crippen LogP contribution in [0, 0.1) is 5.92 Å². The molecule has 108 valence electrons. The zero-order valence-electron chi connectivity index (χ0n) is 11.8. The Morgan fingerprint density at radius 3 is 2.65 bits per heavy atom. The average molecular weight is 275 g/mol. The van der Waals surface area contributed by atoms with Gasteiger partial charge in [0, 0.05) is 13.6 Å². The summed E-state index contributed by atoms with van der Waals surface area (Å²) in [6.45, 7) is 0.817. The maximum Gasteiger partial charge on any atom is 0.335 e. The third kappa shape index (κ3) is 3.83. The molecule has 1 aromatic carbocycles. The van der Waals surface area contributed by atoms with Crippen molar-refractivity contribution in [3.8, 4) is 0 Å². The van der Waals surface area contributed by atoms with Crippen LogP contribution in [-0.2, 0) is 11.2 Å². The first-order valence-corrected chi connectivity index (χ1v) is 7.12. The van der Waals surface area contributed by atoms with E-state index in [0.29, 0.717) is 5.92 Å². The second kappa shape index (κ2) is 6.55. The van der Waals surface area contributed by atoms with Crippen molar-refractivity contribution in [1.29, 1.82) is 0 Å². The quantitative estimate of drug-likeness (QED) is 0.898. The molecule has 0 heterocycles. The summed E-state index contributed by atoms with van der Waals surface area (Å²) in [6, 6.07) is 6.60. The molecule has 4 nitrogen and oxygen atoms in total. The highest BCUT2D eigenvalue weighted by Gasteiger charge is 2.19. The van der Waals surface area contributed by atoms with Gasteiger partial charge in [-0.15, -0.1) is 0 Å². The van der Waals surface area contributed by atoms with Crippen LogP contribution in [0.2, 0.25) is 0 Å². The fourth-order valence-corrected chi connectivity index (χ4v) is 2.81. The summed E-state index contributed by atoms with van der Waals surface area (Å²) < 4.78 is 0. The number of carboxylic acid groups (broad SMARTS) is 1. The van der Waals surface area contributed by atoms with Gasteiger partial charge in [0.2, 0.25) is 5.91 Å². The second-order valence-corrected chi connectivity index (χ2v) is 5.61. The lowest BCUT2D eigenvalue weighted by Gasteiger charge is -2.21. The van der Waals surface area contributed by atoms with Gasteiger partial charge in [0.1, 0.15) is 0 Å². The van der Waals surface area contributed by atoms with E-state index in [1.54, 1.807) is 29.2 Å². The molecule has 0 aliphatic heterocycles. The molecule has 1 aliphatic rings. The van der Waals surface area contributed by atoms with Crippen molar-refractivity contribution in [3.05, 3.63) is 35.4 Å². The molecule has 0 radical (unpaired) electrons. The van der Waals surface area contributed by atoms with E-state index in [4.69, 9.17) is 5.11 Å². The number of hydrogen-bond donors (Lipinski definition) is 1. The molecule has 0 atom stereocenters. The summed E-state index contributed by atoms with van der Waals surface area (Å²) in [5.74, 6) is -0.271. The maximum atomic E-state index is 12.2. The molecule has 1 aliphatic carbocycles. The van der Waals surface area contributed by atoms with E-state index in [1.165, 1.54) is 25.7 Å². The summed E-state index contributed by atoms with van der Waals surface area (Å²) in [5.41, 5.74) is 0.988. The van der Waals surface area contributed by atoms with Crippen molar-refractivity contribution >= 4 is 11.9 Å². The highest BCUT2D eigenvalue weighted by molar-refractivity contribution is 5.88. The van der Waals surface area contributed by atoms with Gasteiger partial charge in [-0.1, -0.05) is 25.0 Å². The fourth-order valence-electron chi connectivity index (χ4n) is 2.81. The largest absolute Gasteiger partial charge is 0.478 e. The number of hydrogen-bond acceptors (Lipinski definition) is 2. The lowest BCUT2D eigenvalue weighted by Crippen LogP contribution is -2.32. The van der Waals surface area contributed by atoms with Crippen LogP contribution in [0.1, 0.15) is 41.6 Å². The number of carbonyl (C=O) groups excluding carboxylic acids is 1. The summed E-state index contributed by atoms with van der Waals surface area (Å²) in [6.07, 6.45) is 5.24. The molecule has 1 saturated carbocycles. The van der Waals surface area contributed by atoms with E-state index in [0.717, 1.165) is 12.1 Å². The molecule has 1 amide bonds. The lowest BCUT2D eigenvalue weighted by molar-refractivity contribution is -0.129. The Labute approximate surface area is 119 Å². The number of amides is 1. The average Bonchev–Trinajstić information content (AvgIpc) is 2.91. The minimum Gasteiger partial charge on any atom is -0.478 e. The highest BCUT2D eigenvalue weighted by Crippen LogP contribution is 2.25. The lowest BCUT2D eigenvalue weighted by atomic mass is 10.1. The Hall–Kier alpha value is -1.84.